The third-order valence-electron chi connectivity index (χ3n) is 11.2. The fourth-order valence-corrected chi connectivity index (χ4v) is 8.18. The summed E-state index contributed by atoms with van der Waals surface area (Å²) in [6.45, 7) is 6.47. The van der Waals surface area contributed by atoms with Gasteiger partial charge >= 0.3 is 0 Å². The summed E-state index contributed by atoms with van der Waals surface area (Å²) in [6, 6.07) is 76.0. The Balaban J connectivity index is 1.13. The summed E-state index contributed by atoms with van der Waals surface area (Å²) in [4.78, 5) is 9.33. The minimum atomic E-state index is 0.903. The average molecular weight is 803 g/mol. The summed E-state index contributed by atoms with van der Waals surface area (Å²) in [7, 11) is 0. The number of hydrogen-bond acceptors (Lipinski definition) is 4. The quantitative estimate of drug-likeness (QED) is 0.122. The van der Waals surface area contributed by atoms with Gasteiger partial charge in [0.15, 0.2) is 0 Å². The van der Waals surface area contributed by atoms with Crippen LogP contribution in [-0.4, -0.2) is 0 Å². The molecular weight excluding hydrogens is 753 g/mol. The number of rotatable bonds is 12. The molecule has 0 aromatic heterocycles. The topological polar surface area (TPSA) is 13.0 Å². The molecule has 0 fully saturated rings. The van der Waals surface area contributed by atoms with E-state index in [9.17, 15) is 0 Å². The first kappa shape index (κ1) is 39.6. The van der Waals surface area contributed by atoms with Gasteiger partial charge in [-0.3, -0.25) is 0 Å². The van der Waals surface area contributed by atoms with E-state index in [4.69, 9.17) is 0 Å². The lowest BCUT2D eigenvalue weighted by atomic mass is 10.1. The maximum absolute atomic E-state index is 2.35. The number of anilines is 11. The van der Waals surface area contributed by atoms with E-state index in [-0.39, 0.29) is 0 Å². The summed E-state index contributed by atoms with van der Waals surface area (Å²) in [5, 5.41) is 0. The first-order chi connectivity index (χ1) is 30.5. The van der Waals surface area contributed by atoms with Gasteiger partial charge in [-0.05, 0) is 178 Å². The van der Waals surface area contributed by atoms with Crippen LogP contribution < -0.4 is 19.6 Å². The highest BCUT2D eigenvalue weighted by Crippen LogP contribution is 2.42. The van der Waals surface area contributed by atoms with Crippen molar-refractivity contribution in [3.8, 4) is 0 Å². The van der Waals surface area contributed by atoms with Gasteiger partial charge in [-0.15, -0.1) is 0 Å². The number of allylic oxidation sites excluding steroid dienone is 5. The lowest BCUT2D eigenvalue weighted by Gasteiger charge is -2.30. The number of nitrogens with zero attached hydrogens (tertiary/aromatic N) is 4. The molecule has 0 aliphatic heterocycles. The van der Waals surface area contributed by atoms with Crippen LogP contribution in [0, 0.1) is 13.8 Å². The Morgan fingerprint density at radius 2 is 0.613 bits per heavy atom. The van der Waals surface area contributed by atoms with Crippen molar-refractivity contribution in [1.29, 1.82) is 0 Å². The van der Waals surface area contributed by atoms with Crippen LogP contribution in [0.3, 0.4) is 0 Å². The van der Waals surface area contributed by atoms with Gasteiger partial charge in [0.25, 0.3) is 0 Å². The van der Waals surface area contributed by atoms with Crippen molar-refractivity contribution in [2.24, 2.45) is 0 Å². The molecule has 1 aliphatic rings. The number of aryl methyl sites for hydroxylation is 2. The van der Waals surface area contributed by atoms with Gasteiger partial charge in [-0.25, -0.2) is 0 Å². The average Bonchev–Trinajstić information content (AvgIpc) is 3.53. The van der Waals surface area contributed by atoms with E-state index in [1.807, 2.05) is 0 Å². The fraction of sp³-hybridized carbons (Fsp3) is 0.0690. The molecule has 0 atom stereocenters. The number of benzene rings is 8. The molecule has 1 aliphatic carbocycles. The van der Waals surface area contributed by atoms with Crippen molar-refractivity contribution < 1.29 is 0 Å². The van der Waals surface area contributed by atoms with E-state index >= 15 is 0 Å². The van der Waals surface area contributed by atoms with Gasteiger partial charge in [-0.1, -0.05) is 103 Å². The maximum Gasteiger partial charge on any atom is 0.0464 e. The molecule has 0 unspecified atom stereocenters. The lowest BCUT2D eigenvalue weighted by molar-refractivity contribution is 1.15. The minimum absolute atomic E-state index is 0.903. The highest BCUT2D eigenvalue weighted by molar-refractivity contribution is 5.84. The summed E-state index contributed by atoms with van der Waals surface area (Å²) < 4.78 is 0. The van der Waals surface area contributed by atoms with Crippen molar-refractivity contribution in [1.82, 2.24) is 0 Å². The summed E-state index contributed by atoms with van der Waals surface area (Å²) >= 11 is 0. The first-order valence-electron chi connectivity index (χ1n) is 21.3. The molecule has 0 spiro atoms. The van der Waals surface area contributed by atoms with E-state index in [1.165, 1.54) is 16.7 Å². The van der Waals surface area contributed by atoms with Crippen molar-refractivity contribution in [2.45, 2.75) is 27.2 Å². The monoisotopic (exact) mass is 802 g/mol. The standard InChI is InChI=1S/C58H50N4/c1-44-16-13-25-50(29-28-44)59(47-19-7-4-8-20-47)51-30-32-52(33-31-51)60(53-34-38-55(39-35-53)61(48-21-9-5-10-22-48)57-26-14-17-45(2)42-57)54-36-40-56(41-37-54)62(49-23-11-6-12-24-49)58-27-15-18-46(3)43-58/h4-27,29-43H,28H2,1-3H3. The molecule has 8 aromatic carbocycles. The van der Waals surface area contributed by atoms with Crippen LogP contribution in [0.15, 0.2) is 248 Å². The largest absolute Gasteiger partial charge is 0.311 e. The van der Waals surface area contributed by atoms with Crippen LogP contribution in [0.5, 0.6) is 0 Å². The summed E-state index contributed by atoms with van der Waals surface area (Å²) in [5.41, 5.74) is 16.9. The Bertz CT molecular complexity index is 2690. The molecule has 0 saturated carbocycles. The SMILES string of the molecule is CC1=CC=CC(N(c2ccccc2)c2ccc(N(c3ccc(N(c4ccccc4)c4cccc(C)c4)cc3)c3ccc(N(c4ccccc4)c4cccc(C)c4)cc3)cc2)=CC1. The normalized spacial score (nSPS) is 12.2. The predicted octanol–water partition coefficient (Wildman–Crippen LogP) is 16.6. The van der Waals surface area contributed by atoms with Crippen molar-refractivity contribution in [2.75, 3.05) is 19.6 Å². The first-order valence-corrected chi connectivity index (χ1v) is 21.3. The van der Waals surface area contributed by atoms with E-state index in [0.717, 1.165) is 74.7 Å². The molecule has 4 nitrogen and oxygen atoms in total. The number of para-hydroxylation sites is 3. The maximum atomic E-state index is 2.35. The second-order valence-corrected chi connectivity index (χ2v) is 15.8. The van der Waals surface area contributed by atoms with Gasteiger partial charge in [0.1, 0.15) is 0 Å². The van der Waals surface area contributed by atoms with Crippen molar-refractivity contribution in [3.63, 3.8) is 0 Å². The third-order valence-corrected chi connectivity index (χ3v) is 11.2. The molecule has 0 heterocycles. The van der Waals surface area contributed by atoms with Gasteiger partial charge < -0.3 is 19.6 Å². The second-order valence-electron chi connectivity index (χ2n) is 15.8. The van der Waals surface area contributed by atoms with Gasteiger partial charge in [0.05, 0.1) is 0 Å². The van der Waals surface area contributed by atoms with Crippen LogP contribution >= 0.6 is 0 Å². The molecule has 302 valence electrons. The van der Waals surface area contributed by atoms with E-state index < -0.39 is 0 Å². The van der Waals surface area contributed by atoms with Crippen LogP contribution in [0.25, 0.3) is 0 Å². The molecular formula is C58H50N4. The molecule has 9 rings (SSSR count). The zero-order valence-electron chi connectivity index (χ0n) is 35.5. The van der Waals surface area contributed by atoms with E-state index in [2.05, 4.69) is 277 Å². The van der Waals surface area contributed by atoms with Crippen molar-refractivity contribution >= 4 is 62.6 Å². The predicted molar refractivity (Wildman–Crippen MR) is 264 cm³/mol. The molecule has 0 bridgehead atoms. The Hall–Kier alpha value is -7.82. The van der Waals surface area contributed by atoms with E-state index in [1.54, 1.807) is 0 Å². The molecule has 0 saturated heterocycles. The van der Waals surface area contributed by atoms with Crippen LogP contribution in [0.1, 0.15) is 24.5 Å². The fourth-order valence-electron chi connectivity index (χ4n) is 8.18. The Kier molecular flexibility index (Phi) is 11.6. The van der Waals surface area contributed by atoms with Crippen LogP contribution in [0.2, 0.25) is 0 Å². The molecule has 8 aromatic rings. The molecule has 0 N–H and O–H groups in total. The Morgan fingerprint density at radius 3 is 0.984 bits per heavy atom. The van der Waals surface area contributed by atoms with Crippen LogP contribution in [-0.2, 0) is 0 Å². The second kappa shape index (κ2) is 18.2. The van der Waals surface area contributed by atoms with Gasteiger partial charge in [0.2, 0.25) is 0 Å². The zero-order valence-corrected chi connectivity index (χ0v) is 35.5. The number of hydrogen-bond donors (Lipinski definition) is 0. The molecule has 0 amide bonds. The van der Waals surface area contributed by atoms with Crippen LogP contribution in [0.4, 0.5) is 62.6 Å². The molecule has 4 heteroatoms. The minimum Gasteiger partial charge on any atom is -0.311 e. The van der Waals surface area contributed by atoms with Gasteiger partial charge in [-0.2, -0.15) is 0 Å². The molecule has 0 radical (unpaired) electrons. The summed E-state index contributed by atoms with van der Waals surface area (Å²) in [6.07, 6.45) is 9.78. The highest BCUT2D eigenvalue weighted by Gasteiger charge is 2.20. The smallest absolute Gasteiger partial charge is 0.0464 e. The highest BCUT2D eigenvalue weighted by atomic mass is 15.2. The van der Waals surface area contributed by atoms with Crippen molar-refractivity contribution in [3.05, 3.63) is 259 Å². The lowest BCUT2D eigenvalue weighted by Crippen LogP contribution is -2.16. The summed E-state index contributed by atoms with van der Waals surface area (Å²) in [5.74, 6) is 0. The Labute approximate surface area is 366 Å². The van der Waals surface area contributed by atoms with Gasteiger partial charge in [0, 0.05) is 68.3 Å². The third kappa shape index (κ3) is 8.72. The zero-order chi connectivity index (χ0) is 42.3. The van der Waals surface area contributed by atoms with E-state index in [0.29, 0.717) is 0 Å². The Morgan fingerprint density at radius 1 is 0.306 bits per heavy atom. The molecule has 62 heavy (non-hydrogen) atoms.